The molecule has 3 N–H and O–H groups in total. The molecule has 1 saturated heterocycles. The van der Waals surface area contributed by atoms with Crippen LogP contribution in [0.4, 0.5) is 0 Å². The molecule has 3 rings (SSSR count). The number of carbonyl (C=O) groups is 1. The molecule has 1 amide bonds. The van der Waals surface area contributed by atoms with Crippen LogP contribution >= 0.6 is 0 Å². The van der Waals surface area contributed by atoms with Gasteiger partial charge in [-0.2, -0.15) is 15.8 Å². The van der Waals surface area contributed by atoms with Gasteiger partial charge in [0, 0.05) is 11.8 Å². The summed E-state index contributed by atoms with van der Waals surface area (Å²) in [5.74, 6) is -1.90. The third kappa shape index (κ3) is 1.50. The molecule has 1 aromatic rings. The monoisotopic (exact) mass is 305 g/mol. The molecule has 0 aromatic heterocycles. The Bertz CT molecular complexity index is 785. The molecule has 6 nitrogen and oxygen atoms in total. The van der Waals surface area contributed by atoms with Crippen LogP contribution in [0, 0.1) is 50.7 Å². The summed E-state index contributed by atoms with van der Waals surface area (Å²) in [5, 5.41) is 32.2. The lowest BCUT2D eigenvalue weighted by atomic mass is 9.47. The Morgan fingerprint density at radius 2 is 1.78 bits per heavy atom. The van der Waals surface area contributed by atoms with Gasteiger partial charge in [0.15, 0.2) is 10.8 Å². The van der Waals surface area contributed by atoms with E-state index in [9.17, 15) is 20.6 Å². The first-order valence-corrected chi connectivity index (χ1v) is 7.32. The topological polar surface area (TPSA) is 126 Å². The Labute approximate surface area is 134 Å². The van der Waals surface area contributed by atoms with E-state index in [1.165, 1.54) is 0 Å². The van der Waals surface area contributed by atoms with Crippen molar-refractivity contribution < 1.29 is 4.79 Å². The Morgan fingerprint density at radius 1 is 1.17 bits per heavy atom. The van der Waals surface area contributed by atoms with E-state index in [2.05, 4.69) is 5.32 Å². The second-order valence-electron chi connectivity index (χ2n) is 6.34. The summed E-state index contributed by atoms with van der Waals surface area (Å²) >= 11 is 0. The maximum Gasteiger partial charge on any atom is 0.245 e. The fraction of sp³-hybridized carbons (Fsp3) is 0.412. The van der Waals surface area contributed by atoms with Crippen LogP contribution in [0.5, 0.6) is 0 Å². The van der Waals surface area contributed by atoms with Gasteiger partial charge in [0.2, 0.25) is 5.91 Å². The van der Waals surface area contributed by atoms with E-state index in [0.717, 1.165) is 5.56 Å². The summed E-state index contributed by atoms with van der Waals surface area (Å²) in [6, 6.07) is 15.0. The van der Waals surface area contributed by atoms with E-state index in [1.807, 2.05) is 24.3 Å². The van der Waals surface area contributed by atoms with Crippen molar-refractivity contribution in [1.82, 2.24) is 5.32 Å². The predicted molar refractivity (Wildman–Crippen MR) is 79.7 cm³/mol. The van der Waals surface area contributed by atoms with Crippen molar-refractivity contribution in [2.75, 3.05) is 0 Å². The quantitative estimate of drug-likeness (QED) is 0.804. The summed E-state index contributed by atoms with van der Waals surface area (Å²) in [4.78, 5) is 12.6. The number of carbonyl (C=O) groups excluding carboxylic acids is 1. The summed E-state index contributed by atoms with van der Waals surface area (Å²) in [7, 11) is 0. The number of nitrogens with two attached hydrogens (primary N) is 1. The molecule has 2 aliphatic rings. The zero-order valence-corrected chi connectivity index (χ0v) is 12.6. The van der Waals surface area contributed by atoms with Crippen molar-refractivity contribution in [3.05, 3.63) is 35.9 Å². The van der Waals surface area contributed by atoms with Gasteiger partial charge in [-0.1, -0.05) is 37.3 Å². The molecule has 4 unspecified atom stereocenters. The van der Waals surface area contributed by atoms with Crippen LogP contribution in [0.3, 0.4) is 0 Å². The molecule has 4 atom stereocenters. The minimum absolute atomic E-state index is 0.231. The first kappa shape index (κ1) is 15.0. The molecule has 0 radical (unpaired) electrons. The summed E-state index contributed by atoms with van der Waals surface area (Å²) in [6.07, 6.45) is 0.231. The Morgan fingerprint density at radius 3 is 2.30 bits per heavy atom. The smallest absolute Gasteiger partial charge is 0.245 e. The highest BCUT2D eigenvalue weighted by atomic mass is 16.2. The zero-order chi connectivity index (χ0) is 16.9. The van der Waals surface area contributed by atoms with E-state index in [0.29, 0.717) is 0 Å². The number of benzene rings is 1. The van der Waals surface area contributed by atoms with Gasteiger partial charge in [0.05, 0.1) is 23.9 Å². The van der Waals surface area contributed by atoms with Gasteiger partial charge in [-0.05, 0) is 12.0 Å². The van der Waals surface area contributed by atoms with E-state index in [4.69, 9.17) is 5.73 Å². The minimum Gasteiger partial charge on any atom is -0.336 e. The van der Waals surface area contributed by atoms with Crippen LogP contribution in [-0.4, -0.2) is 11.6 Å². The third-order valence-corrected chi connectivity index (χ3v) is 5.54. The summed E-state index contributed by atoms with van der Waals surface area (Å²) in [6.45, 7) is 1.66. The second-order valence-corrected chi connectivity index (χ2v) is 6.34. The lowest BCUT2D eigenvalue weighted by molar-refractivity contribution is -0.129. The van der Waals surface area contributed by atoms with Crippen LogP contribution < -0.4 is 11.1 Å². The molecule has 1 aromatic carbocycles. The lowest BCUT2D eigenvalue weighted by Gasteiger charge is -2.48. The molecule has 1 aliphatic carbocycles. The molecule has 114 valence electrons. The Hall–Kier alpha value is -2.88. The number of hydrogen-bond donors (Lipinski definition) is 2. The molecular weight excluding hydrogens is 290 g/mol. The molecular formula is C17H15N5O. The number of rotatable bonds is 1. The summed E-state index contributed by atoms with van der Waals surface area (Å²) in [5.41, 5.74) is 2.40. The predicted octanol–water partition coefficient (Wildman–Crippen LogP) is 1.14. The molecule has 2 bridgehead atoms. The van der Waals surface area contributed by atoms with Gasteiger partial charge < -0.3 is 11.1 Å². The Balaban J connectivity index is 2.34. The van der Waals surface area contributed by atoms with Gasteiger partial charge in [-0.15, -0.1) is 0 Å². The number of nitrogens with zero attached hydrogens (tertiary/aromatic N) is 3. The molecule has 6 heteroatoms. The highest BCUT2D eigenvalue weighted by Crippen LogP contribution is 2.64. The fourth-order valence-corrected chi connectivity index (χ4v) is 4.16. The van der Waals surface area contributed by atoms with E-state index >= 15 is 0 Å². The molecule has 1 aliphatic heterocycles. The van der Waals surface area contributed by atoms with Crippen molar-refractivity contribution in [3.8, 4) is 18.2 Å². The van der Waals surface area contributed by atoms with Gasteiger partial charge in [-0.25, -0.2) is 0 Å². The third-order valence-electron chi connectivity index (χ3n) is 5.54. The van der Waals surface area contributed by atoms with Gasteiger partial charge in [0.25, 0.3) is 0 Å². The average molecular weight is 305 g/mol. The largest absolute Gasteiger partial charge is 0.336 e. The van der Waals surface area contributed by atoms with Crippen molar-refractivity contribution in [2.24, 2.45) is 22.5 Å². The minimum atomic E-state index is -1.79. The number of nitriles is 3. The van der Waals surface area contributed by atoms with Crippen LogP contribution in [0.25, 0.3) is 0 Å². The first-order valence-electron chi connectivity index (χ1n) is 7.32. The molecule has 0 spiro atoms. The maximum absolute atomic E-state index is 12.6. The van der Waals surface area contributed by atoms with Crippen LogP contribution in [-0.2, 0) is 4.79 Å². The lowest BCUT2D eigenvalue weighted by Crippen LogP contribution is -2.61. The van der Waals surface area contributed by atoms with Gasteiger partial charge >= 0.3 is 0 Å². The number of hydrogen-bond acceptors (Lipinski definition) is 5. The molecule has 2 fully saturated rings. The van der Waals surface area contributed by atoms with Crippen molar-refractivity contribution >= 4 is 5.91 Å². The van der Waals surface area contributed by atoms with Gasteiger partial charge in [0.1, 0.15) is 0 Å². The molecule has 1 heterocycles. The average Bonchev–Trinajstić information content (AvgIpc) is 2.71. The number of nitrogens with one attached hydrogen (secondary N) is 1. The van der Waals surface area contributed by atoms with Crippen LogP contribution in [0.1, 0.15) is 24.8 Å². The van der Waals surface area contributed by atoms with Crippen molar-refractivity contribution in [3.63, 3.8) is 0 Å². The van der Waals surface area contributed by atoms with Crippen molar-refractivity contribution in [1.29, 1.82) is 15.8 Å². The standard InChI is InChI=1S/C17H15N5O/c1-11-16(10-20)14(23)22-17(11,21)7-13(15(16,8-18)9-19)12-5-3-2-4-6-12/h2-6,11,13H,7,21H2,1H3,(H,22,23). The highest BCUT2D eigenvalue weighted by Gasteiger charge is 2.76. The van der Waals surface area contributed by atoms with Gasteiger partial charge in [-0.3, -0.25) is 4.79 Å². The Kier molecular flexibility index (Phi) is 2.98. The van der Waals surface area contributed by atoms with Crippen LogP contribution in [0.15, 0.2) is 30.3 Å². The van der Waals surface area contributed by atoms with E-state index in [-0.39, 0.29) is 6.42 Å². The van der Waals surface area contributed by atoms with E-state index in [1.54, 1.807) is 31.2 Å². The zero-order valence-electron chi connectivity index (χ0n) is 12.6. The van der Waals surface area contributed by atoms with Crippen LogP contribution in [0.2, 0.25) is 0 Å². The first-order chi connectivity index (χ1) is 10.9. The fourth-order valence-electron chi connectivity index (χ4n) is 4.16. The maximum atomic E-state index is 12.6. The second kappa shape index (κ2) is 4.56. The van der Waals surface area contributed by atoms with Crippen molar-refractivity contribution in [2.45, 2.75) is 24.9 Å². The van der Waals surface area contributed by atoms with E-state index < -0.39 is 34.2 Å². The summed E-state index contributed by atoms with van der Waals surface area (Å²) < 4.78 is 0. The molecule has 1 saturated carbocycles. The highest BCUT2D eigenvalue weighted by molar-refractivity contribution is 5.92. The number of amides is 1. The SMILES string of the molecule is CC1C2(N)CC(c3ccccc3)C(C#N)(C#N)C1(C#N)C(=O)N2. The molecule has 23 heavy (non-hydrogen) atoms. The number of fused-ring (bicyclic) bond motifs is 2. The normalized spacial score (nSPS) is 37.1.